The summed E-state index contributed by atoms with van der Waals surface area (Å²) in [6.07, 6.45) is 5.93. The van der Waals surface area contributed by atoms with E-state index in [2.05, 4.69) is 11.9 Å². The summed E-state index contributed by atoms with van der Waals surface area (Å²) < 4.78 is 5.65. The lowest BCUT2D eigenvalue weighted by atomic mass is 9.75. The van der Waals surface area contributed by atoms with E-state index >= 15 is 0 Å². The van der Waals surface area contributed by atoms with Crippen molar-refractivity contribution in [2.24, 2.45) is 5.92 Å². The monoisotopic (exact) mass is 449 g/mol. The third-order valence-electron chi connectivity index (χ3n) is 6.63. The van der Waals surface area contributed by atoms with Crippen LogP contribution in [-0.4, -0.2) is 58.7 Å². The van der Waals surface area contributed by atoms with Crippen molar-refractivity contribution in [3.63, 3.8) is 0 Å². The Hall–Kier alpha value is -3.22. The quantitative estimate of drug-likeness (QED) is 0.457. The van der Waals surface area contributed by atoms with Crippen LogP contribution in [0.4, 0.5) is 0 Å². The standard InChI is InChI=1S/C26H31N3O4/c1-20-8-6-13-28(19-20)23(30)16-26(21-9-3-2-4-10-21)17-24(31)29(25(26)32)14-7-15-33-22-11-5-12-27-18-22/h2-5,9-12,18,20H,6-8,13-17,19H2,1H3. The van der Waals surface area contributed by atoms with Gasteiger partial charge in [-0.25, -0.2) is 0 Å². The molecule has 1 aromatic carbocycles. The van der Waals surface area contributed by atoms with Gasteiger partial charge in [0.15, 0.2) is 0 Å². The molecular weight excluding hydrogens is 418 g/mol. The van der Waals surface area contributed by atoms with Gasteiger partial charge in [-0.2, -0.15) is 0 Å². The summed E-state index contributed by atoms with van der Waals surface area (Å²) in [7, 11) is 0. The minimum absolute atomic E-state index is 0.0223. The minimum Gasteiger partial charge on any atom is -0.492 e. The molecule has 33 heavy (non-hydrogen) atoms. The summed E-state index contributed by atoms with van der Waals surface area (Å²) in [6, 6.07) is 12.9. The van der Waals surface area contributed by atoms with E-state index in [0.717, 1.165) is 18.4 Å². The number of aromatic nitrogens is 1. The average Bonchev–Trinajstić information content (AvgIpc) is 3.07. The molecule has 0 aliphatic carbocycles. The number of carbonyl (C=O) groups is 3. The van der Waals surface area contributed by atoms with Crippen molar-refractivity contribution in [3.8, 4) is 5.75 Å². The van der Waals surface area contributed by atoms with Crippen molar-refractivity contribution in [3.05, 3.63) is 60.4 Å². The molecule has 2 saturated heterocycles. The van der Waals surface area contributed by atoms with Gasteiger partial charge in [0.25, 0.3) is 0 Å². The Kier molecular flexibility index (Phi) is 7.06. The first kappa shape index (κ1) is 23.0. The fraction of sp³-hybridized carbons (Fsp3) is 0.462. The van der Waals surface area contributed by atoms with Gasteiger partial charge < -0.3 is 9.64 Å². The van der Waals surface area contributed by atoms with Gasteiger partial charge in [-0.05, 0) is 42.9 Å². The maximum Gasteiger partial charge on any atom is 0.240 e. The molecule has 0 spiro atoms. The summed E-state index contributed by atoms with van der Waals surface area (Å²) in [6.45, 7) is 4.20. The Morgan fingerprint density at radius 3 is 2.73 bits per heavy atom. The lowest BCUT2D eigenvalue weighted by Gasteiger charge is -2.34. The van der Waals surface area contributed by atoms with E-state index in [1.54, 1.807) is 18.5 Å². The summed E-state index contributed by atoms with van der Waals surface area (Å²) >= 11 is 0. The lowest BCUT2D eigenvalue weighted by Crippen LogP contribution is -2.46. The van der Waals surface area contributed by atoms with E-state index in [9.17, 15) is 14.4 Å². The molecule has 2 aliphatic heterocycles. The topological polar surface area (TPSA) is 79.8 Å². The fourth-order valence-corrected chi connectivity index (χ4v) is 4.88. The van der Waals surface area contributed by atoms with Gasteiger partial charge >= 0.3 is 0 Å². The molecule has 2 aliphatic rings. The van der Waals surface area contributed by atoms with Gasteiger partial charge in [-0.15, -0.1) is 0 Å². The van der Waals surface area contributed by atoms with Crippen molar-refractivity contribution >= 4 is 17.7 Å². The average molecular weight is 450 g/mol. The van der Waals surface area contributed by atoms with Crippen LogP contribution in [0.2, 0.25) is 0 Å². The third-order valence-corrected chi connectivity index (χ3v) is 6.63. The predicted octanol–water partition coefficient (Wildman–Crippen LogP) is 3.20. The van der Waals surface area contributed by atoms with E-state index in [1.807, 2.05) is 41.3 Å². The lowest BCUT2D eigenvalue weighted by molar-refractivity contribution is -0.143. The van der Waals surface area contributed by atoms with E-state index in [-0.39, 0.29) is 37.1 Å². The Morgan fingerprint density at radius 2 is 2.00 bits per heavy atom. The van der Waals surface area contributed by atoms with Gasteiger partial charge in [0, 0.05) is 38.7 Å². The summed E-state index contributed by atoms with van der Waals surface area (Å²) in [4.78, 5) is 47.1. The summed E-state index contributed by atoms with van der Waals surface area (Å²) in [5.74, 6) is 0.543. The number of hydrogen-bond acceptors (Lipinski definition) is 5. The molecule has 2 atom stereocenters. The van der Waals surface area contributed by atoms with Crippen LogP contribution < -0.4 is 4.74 Å². The van der Waals surface area contributed by atoms with Gasteiger partial charge in [0.05, 0.1) is 18.2 Å². The number of piperidine rings is 1. The summed E-state index contributed by atoms with van der Waals surface area (Å²) in [5, 5.41) is 0. The van der Waals surface area contributed by atoms with Crippen LogP contribution in [0.25, 0.3) is 0 Å². The van der Waals surface area contributed by atoms with E-state index in [0.29, 0.717) is 37.8 Å². The zero-order valence-electron chi connectivity index (χ0n) is 19.1. The highest BCUT2D eigenvalue weighted by molar-refractivity contribution is 6.10. The molecule has 1 aromatic heterocycles. The van der Waals surface area contributed by atoms with Crippen molar-refractivity contribution in [2.45, 2.75) is 44.4 Å². The number of imide groups is 1. The molecule has 2 fully saturated rings. The zero-order chi connectivity index (χ0) is 23.3. The Labute approximate surface area is 194 Å². The molecule has 0 bridgehead atoms. The first-order chi connectivity index (χ1) is 16.0. The molecule has 0 radical (unpaired) electrons. The van der Waals surface area contributed by atoms with Crippen molar-refractivity contribution in [1.29, 1.82) is 0 Å². The van der Waals surface area contributed by atoms with Crippen molar-refractivity contribution in [2.75, 3.05) is 26.2 Å². The largest absolute Gasteiger partial charge is 0.492 e. The SMILES string of the molecule is CC1CCCN(C(=O)CC2(c3ccccc3)CC(=O)N(CCCOc3cccnc3)C2=O)C1. The van der Waals surface area contributed by atoms with Crippen LogP contribution in [0.15, 0.2) is 54.9 Å². The van der Waals surface area contributed by atoms with E-state index < -0.39 is 5.41 Å². The first-order valence-electron chi connectivity index (χ1n) is 11.7. The van der Waals surface area contributed by atoms with E-state index in [4.69, 9.17) is 4.74 Å². The van der Waals surface area contributed by atoms with Crippen LogP contribution in [0.3, 0.4) is 0 Å². The molecule has 2 unspecified atom stereocenters. The van der Waals surface area contributed by atoms with Crippen molar-refractivity contribution < 1.29 is 19.1 Å². The second kappa shape index (κ2) is 10.1. The third kappa shape index (κ3) is 5.07. The number of amides is 3. The number of nitrogens with zero attached hydrogens (tertiary/aromatic N) is 3. The van der Waals surface area contributed by atoms with Crippen LogP contribution in [-0.2, 0) is 19.8 Å². The second-order valence-electron chi connectivity index (χ2n) is 9.13. The second-order valence-corrected chi connectivity index (χ2v) is 9.13. The maximum atomic E-state index is 13.7. The first-order valence-corrected chi connectivity index (χ1v) is 11.7. The predicted molar refractivity (Wildman–Crippen MR) is 123 cm³/mol. The Morgan fingerprint density at radius 1 is 1.18 bits per heavy atom. The van der Waals surface area contributed by atoms with E-state index in [1.165, 1.54) is 4.90 Å². The molecule has 0 saturated carbocycles. The van der Waals surface area contributed by atoms with Gasteiger partial charge in [0.2, 0.25) is 17.7 Å². The number of hydrogen-bond donors (Lipinski definition) is 0. The van der Waals surface area contributed by atoms with Crippen LogP contribution in [0, 0.1) is 5.92 Å². The Balaban J connectivity index is 1.47. The molecule has 3 heterocycles. The molecule has 7 nitrogen and oxygen atoms in total. The molecular formula is C26H31N3O4. The number of ether oxygens (including phenoxy) is 1. The molecule has 7 heteroatoms. The highest BCUT2D eigenvalue weighted by atomic mass is 16.5. The van der Waals surface area contributed by atoms with Crippen LogP contribution >= 0.6 is 0 Å². The smallest absolute Gasteiger partial charge is 0.240 e. The molecule has 0 N–H and O–H groups in total. The van der Waals surface area contributed by atoms with Gasteiger partial charge in [-0.1, -0.05) is 37.3 Å². The highest BCUT2D eigenvalue weighted by Crippen LogP contribution is 2.40. The zero-order valence-corrected chi connectivity index (χ0v) is 19.1. The van der Waals surface area contributed by atoms with Crippen LogP contribution in [0.5, 0.6) is 5.75 Å². The molecule has 174 valence electrons. The van der Waals surface area contributed by atoms with Gasteiger partial charge in [0.1, 0.15) is 5.75 Å². The number of carbonyl (C=O) groups excluding carboxylic acids is 3. The maximum absolute atomic E-state index is 13.7. The Bertz CT molecular complexity index is 982. The number of benzene rings is 1. The number of pyridine rings is 1. The molecule has 3 amide bonds. The number of rotatable bonds is 8. The highest BCUT2D eigenvalue weighted by Gasteiger charge is 2.53. The molecule has 2 aromatic rings. The normalized spacial score (nSPS) is 23.1. The molecule has 4 rings (SSSR count). The fourth-order valence-electron chi connectivity index (χ4n) is 4.88. The minimum atomic E-state index is -1.14. The summed E-state index contributed by atoms with van der Waals surface area (Å²) in [5.41, 5.74) is -0.406. The van der Waals surface area contributed by atoms with Crippen LogP contribution in [0.1, 0.15) is 44.6 Å². The van der Waals surface area contributed by atoms with Gasteiger partial charge in [-0.3, -0.25) is 24.3 Å². The number of likely N-dealkylation sites (tertiary alicyclic amines) is 2. The van der Waals surface area contributed by atoms with Crippen molar-refractivity contribution in [1.82, 2.24) is 14.8 Å².